The smallest absolute Gasteiger partial charge is 0.238 e. The van der Waals surface area contributed by atoms with Crippen molar-refractivity contribution in [3.05, 3.63) is 0 Å². The molecule has 0 saturated carbocycles. The Labute approximate surface area is 64.6 Å². The number of carbonyl (C=O) groups is 1. The van der Waals surface area contributed by atoms with Gasteiger partial charge in [-0.3, -0.25) is 4.79 Å². The molecule has 0 aromatic heterocycles. The summed E-state index contributed by atoms with van der Waals surface area (Å²) in [4.78, 5) is 11.9. The van der Waals surface area contributed by atoms with Gasteiger partial charge in [-0.05, 0) is 0 Å². The third-order valence-electron chi connectivity index (χ3n) is 1.05. The van der Waals surface area contributed by atoms with Crippen LogP contribution >= 0.6 is 0 Å². The number of hydrogen-bond acceptors (Lipinski definition) is 4. The molecule has 0 aromatic carbocycles. The lowest BCUT2D eigenvalue weighted by Gasteiger charge is -2.13. The predicted molar refractivity (Wildman–Crippen MR) is 36.9 cm³/mol. The van der Waals surface area contributed by atoms with E-state index in [2.05, 4.69) is 0 Å². The van der Waals surface area contributed by atoms with Gasteiger partial charge in [0, 0.05) is 0 Å². The summed E-state index contributed by atoms with van der Waals surface area (Å²) in [7, 11) is 0. The molecule has 0 bridgehead atoms. The van der Waals surface area contributed by atoms with Crippen LogP contribution in [0.15, 0.2) is 0 Å². The lowest BCUT2D eigenvalue weighted by atomic mass is 10.4. The summed E-state index contributed by atoms with van der Waals surface area (Å²) in [6, 6.07) is 3.53. The first-order chi connectivity index (χ1) is 5.26. The van der Waals surface area contributed by atoms with Crippen LogP contribution in [0.5, 0.6) is 0 Å². The van der Waals surface area contributed by atoms with Gasteiger partial charge in [0.2, 0.25) is 5.91 Å². The molecule has 0 saturated heterocycles. The zero-order valence-corrected chi connectivity index (χ0v) is 5.95. The van der Waals surface area contributed by atoms with Gasteiger partial charge in [0.25, 0.3) is 0 Å². The number of nitrogens with two attached hydrogens (primary N) is 1. The van der Waals surface area contributed by atoms with E-state index in [4.69, 9.17) is 16.3 Å². The fourth-order valence-corrected chi connectivity index (χ4v) is 0.532. The topological polar surface area (TPSA) is 93.9 Å². The van der Waals surface area contributed by atoms with Gasteiger partial charge in [-0.1, -0.05) is 0 Å². The molecule has 0 aliphatic heterocycles. The first-order valence-electron chi connectivity index (χ1n) is 2.98. The van der Waals surface area contributed by atoms with Crippen molar-refractivity contribution in [3.8, 4) is 12.1 Å². The van der Waals surface area contributed by atoms with Crippen LogP contribution in [0.2, 0.25) is 0 Å². The summed E-state index contributed by atoms with van der Waals surface area (Å²) >= 11 is 0. The maximum absolute atomic E-state index is 10.8. The van der Waals surface area contributed by atoms with Gasteiger partial charge in [-0.15, -0.1) is 0 Å². The Morgan fingerprint density at radius 2 is 1.82 bits per heavy atom. The number of carbonyl (C=O) groups excluding carboxylic acids is 1. The second kappa shape index (κ2) is 5.21. The standard InChI is InChI=1S/C6H8N4O/c7-1-3-10(4-2-8)6(11)5-9/h3-5,9H2. The van der Waals surface area contributed by atoms with E-state index in [0.29, 0.717) is 0 Å². The second-order valence-electron chi connectivity index (χ2n) is 1.77. The van der Waals surface area contributed by atoms with Crippen LogP contribution in [-0.4, -0.2) is 30.4 Å². The zero-order valence-electron chi connectivity index (χ0n) is 5.95. The van der Waals surface area contributed by atoms with Crippen molar-refractivity contribution < 1.29 is 4.79 Å². The SMILES string of the molecule is N#CCN(CC#N)C(=O)CN. The molecule has 5 heteroatoms. The highest BCUT2D eigenvalue weighted by Crippen LogP contribution is 1.85. The molecular weight excluding hydrogens is 144 g/mol. The summed E-state index contributed by atoms with van der Waals surface area (Å²) in [6.45, 7) is -0.323. The van der Waals surface area contributed by atoms with E-state index in [1.807, 2.05) is 0 Å². The van der Waals surface area contributed by atoms with Crippen LogP contribution < -0.4 is 5.73 Å². The number of rotatable bonds is 3. The van der Waals surface area contributed by atoms with E-state index >= 15 is 0 Å². The van der Waals surface area contributed by atoms with Gasteiger partial charge in [-0.25, -0.2) is 0 Å². The number of nitriles is 2. The third kappa shape index (κ3) is 3.19. The molecule has 0 aliphatic carbocycles. The quantitative estimate of drug-likeness (QED) is 0.515. The van der Waals surface area contributed by atoms with Crippen molar-refractivity contribution in [3.63, 3.8) is 0 Å². The fourth-order valence-electron chi connectivity index (χ4n) is 0.532. The van der Waals surface area contributed by atoms with Gasteiger partial charge >= 0.3 is 0 Å². The minimum Gasteiger partial charge on any atom is -0.322 e. The van der Waals surface area contributed by atoms with Gasteiger partial charge in [0.05, 0.1) is 18.7 Å². The zero-order chi connectivity index (χ0) is 8.69. The Kier molecular flexibility index (Phi) is 4.46. The lowest BCUT2D eigenvalue weighted by Crippen LogP contribution is -2.36. The van der Waals surface area contributed by atoms with Crippen LogP contribution in [-0.2, 0) is 4.79 Å². The second-order valence-corrected chi connectivity index (χ2v) is 1.77. The van der Waals surface area contributed by atoms with Crippen LogP contribution in [0.3, 0.4) is 0 Å². The molecule has 0 aliphatic rings. The molecule has 5 nitrogen and oxygen atoms in total. The van der Waals surface area contributed by atoms with E-state index in [1.165, 1.54) is 0 Å². The van der Waals surface area contributed by atoms with E-state index in [1.54, 1.807) is 12.1 Å². The minimum absolute atomic E-state index is 0.0798. The first-order valence-corrected chi connectivity index (χ1v) is 2.98. The van der Waals surface area contributed by atoms with E-state index in [9.17, 15) is 4.79 Å². The monoisotopic (exact) mass is 152 g/mol. The highest BCUT2D eigenvalue weighted by molar-refractivity contribution is 5.78. The Morgan fingerprint density at radius 1 is 1.36 bits per heavy atom. The minimum atomic E-state index is -0.381. The third-order valence-corrected chi connectivity index (χ3v) is 1.05. The molecule has 2 N–H and O–H groups in total. The molecule has 11 heavy (non-hydrogen) atoms. The van der Waals surface area contributed by atoms with Crippen LogP contribution in [0.25, 0.3) is 0 Å². The number of nitrogens with zero attached hydrogens (tertiary/aromatic N) is 3. The van der Waals surface area contributed by atoms with Crippen molar-refractivity contribution in [1.82, 2.24) is 4.90 Å². The largest absolute Gasteiger partial charge is 0.322 e. The van der Waals surface area contributed by atoms with E-state index < -0.39 is 0 Å². The predicted octanol–water partition coefficient (Wildman–Crippen LogP) is -1.18. The summed E-state index contributed by atoms with van der Waals surface area (Å²) in [5, 5.41) is 16.4. The first kappa shape index (κ1) is 9.41. The number of hydrogen-bond donors (Lipinski definition) is 1. The maximum Gasteiger partial charge on any atom is 0.238 e. The van der Waals surface area contributed by atoms with Crippen molar-refractivity contribution in [2.75, 3.05) is 19.6 Å². The Hall–Kier alpha value is -1.59. The molecular formula is C6H8N4O. The van der Waals surface area contributed by atoms with Crippen molar-refractivity contribution in [2.45, 2.75) is 0 Å². The summed E-state index contributed by atoms with van der Waals surface area (Å²) in [5.74, 6) is -0.381. The normalized spacial score (nSPS) is 7.91. The van der Waals surface area contributed by atoms with Gasteiger partial charge < -0.3 is 10.6 Å². The molecule has 0 radical (unpaired) electrons. The molecule has 58 valence electrons. The average Bonchev–Trinajstić information content (AvgIpc) is 2.03. The van der Waals surface area contributed by atoms with Crippen LogP contribution in [0.4, 0.5) is 0 Å². The Morgan fingerprint density at radius 3 is 2.09 bits per heavy atom. The van der Waals surface area contributed by atoms with Gasteiger partial charge in [-0.2, -0.15) is 10.5 Å². The molecule has 0 unspecified atom stereocenters. The van der Waals surface area contributed by atoms with Crippen LogP contribution in [0, 0.1) is 22.7 Å². The molecule has 0 spiro atoms. The van der Waals surface area contributed by atoms with Crippen molar-refractivity contribution in [2.24, 2.45) is 5.73 Å². The highest BCUT2D eigenvalue weighted by Gasteiger charge is 2.09. The Balaban J connectivity index is 4.02. The summed E-state index contributed by atoms with van der Waals surface area (Å²) in [6.07, 6.45) is 0. The van der Waals surface area contributed by atoms with Gasteiger partial charge in [0.15, 0.2) is 0 Å². The van der Waals surface area contributed by atoms with Crippen molar-refractivity contribution >= 4 is 5.91 Å². The average molecular weight is 152 g/mol. The van der Waals surface area contributed by atoms with E-state index in [-0.39, 0.29) is 25.5 Å². The Bertz CT molecular complexity index is 196. The van der Waals surface area contributed by atoms with Gasteiger partial charge in [0.1, 0.15) is 13.1 Å². The maximum atomic E-state index is 10.8. The van der Waals surface area contributed by atoms with Crippen molar-refractivity contribution in [1.29, 1.82) is 10.5 Å². The molecule has 0 rings (SSSR count). The molecule has 0 fully saturated rings. The molecule has 0 heterocycles. The molecule has 1 amide bonds. The number of amides is 1. The van der Waals surface area contributed by atoms with Crippen LogP contribution in [0.1, 0.15) is 0 Å². The lowest BCUT2D eigenvalue weighted by molar-refractivity contribution is -0.128. The summed E-state index contributed by atoms with van der Waals surface area (Å²) < 4.78 is 0. The molecule has 0 atom stereocenters. The molecule has 0 aromatic rings. The highest BCUT2D eigenvalue weighted by atomic mass is 16.2. The fraction of sp³-hybridized carbons (Fsp3) is 0.500. The summed E-state index contributed by atoms with van der Waals surface area (Å²) in [5.41, 5.74) is 5.02. The van der Waals surface area contributed by atoms with E-state index in [0.717, 1.165) is 4.90 Å².